The molecule has 0 atom stereocenters. The molecule has 1 amide bonds. The zero-order chi connectivity index (χ0) is 21.4. The number of halogens is 6. The highest BCUT2D eigenvalue weighted by Crippen LogP contribution is 2.47. The third kappa shape index (κ3) is 3.66. The molecule has 2 aromatic heterocycles. The van der Waals surface area contributed by atoms with Gasteiger partial charge in [0.1, 0.15) is 11.1 Å². The number of fused-ring (bicyclic) bond motifs is 1. The standard InChI is InChI=1S/C17H13F6N3O2S/c18-16(19,20)15(17(21,22)23,25-13(27)11-5-3-7-28-11)26-14-10(8-24)9-4-1-2-6-12(9)29-14/h3,5,7,26H,1-2,4,6H2,(H,25,27). The summed E-state index contributed by atoms with van der Waals surface area (Å²) in [5, 5.41) is 11.2. The number of carbonyl (C=O) groups is 1. The van der Waals surface area contributed by atoms with Gasteiger partial charge in [-0.15, -0.1) is 11.3 Å². The highest BCUT2D eigenvalue weighted by Gasteiger charge is 2.73. The van der Waals surface area contributed by atoms with Gasteiger partial charge in [-0.3, -0.25) is 4.79 Å². The number of carbonyl (C=O) groups excluding carboxylic acids is 1. The van der Waals surface area contributed by atoms with Gasteiger partial charge in [0.05, 0.1) is 11.8 Å². The van der Waals surface area contributed by atoms with E-state index in [1.807, 2.05) is 0 Å². The van der Waals surface area contributed by atoms with Gasteiger partial charge >= 0.3 is 18.0 Å². The molecule has 0 fully saturated rings. The van der Waals surface area contributed by atoms with Gasteiger partial charge in [-0.25, -0.2) is 0 Å². The number of hydrogen-bond donors (Lipinski definition) is 2. The van der Waals surface area contributed by atoms with Gasteiger partial charge in [0.2, 0.25) is 0 Å². The van der Waals surface area contributed by atoms with Crippen LogP contribution in [0.3, 0.4) is 0 Å². The summed E-state index contributed by atoms with van der Waals surface area (Å²) in [5.74, 6) is -2.44. The molecule has 1 aliphatic carbocycles. The van der Waals surface area contributed by atoms with Crippen LogP contribution in [-0.2, 0) is 12.8 Å². The number of rotatable bonds is 4. The molecule has 1 aliphatic rings. The van der Waals surface area contributed by atoms with Crippen LogP contribution in [0.1, 0.15) is 39.4 Å². The van der Waals surface area contributed by atoms with Crippen molar-refractivity contribution in [3.63, 3.8) is 0 Å². The van der Waals surface area contributed by atoms with E-state index >= 15 is 0 Å². The average Bonchev–Trinajstić information content (AvgIpc) is 3.26. The van der Waals surface area contributed by atoms with E-state index in [1.165, 1.54) is 5.32 Å². The van der Waals surface area contributed by atoms with Gasteiger partial charge in [0.25, 0.3) is 5.91 Å². The first kappa shape index (κ1) is 21.0. The summed E-state index contributed by atoms with van der Waals surface area (Å²) >= 11 is 0.662. The van der Waals surface area contributed by atoms with Crippen LogP contribution in [-0.4, -0.2) is 23.9 Å². The monoisotopic (exact) mass is 437 g/mol. The maximum atomic E-state index is 13.8. The molecule has 0 bridgehead atoms. The Balaban J connectivity index is 2.10. The van der Waals surface area contributed by atoms with Crippen molar-refractivity contribution in [2.75, 3.05) is 5.32 Å². The number of thiophene rings is 1. The largest absolute Gasteiger partial charge is 0.459 e. The zero-order valence-electron chi connectivity index (χ0n) is 14.5. The van der Waals surface area contributed by atoms with Gasteiger partial charge in [-0.1, -0.05) is 0 Å². The molecule has 0 aliphatic heterocycles. The van der Waals surface area contributed by atoms with Crippen LogP contribution in [0.15, 0.2) is 22.8 Å². The summed E-state index contributed by atoms with van der Waals surface area (Å²) in [4.78, 5) is 12.6. The number of amides is 1. The van der Waals surface area contributed by atoms with Gasteiger partial charge in [-0.2, -0.15) is 31.6 Å². The number of anilines is 1. The normalized spacial score (nSPS) is 14.8. The molecule has 0 spiro atoms. The minimum Gasteiger partial charge on any atom is -0.459 e. The molecule has 2 aromatic rings. The van der Waals surface area contributed by atoms with Crippen LogP contribution in [0.2, 0.25) is 0 Å². The lowest BCUT2D eigenvalue weighted by Crippen LogP contribution is -2.72. The zero-order valence-corrected chi connectivity index (χ0v) is 15.3. The van der Waals surface area contributed by atoms with Crippen LogP contribution < -0.4 is 10.6 Å². The van der Waals surface area contributed by atoms with E-state index in [4.69, 9.17) is 0 Å². The Morgan fingerprint density at radius 3 is 2.34 bits per heavy atom. The number of aryl methyl sites for hydroxylation is 1. The van der Waals surface area contributed by atoms with E-state index in [9.17, 15) is 36.4 Å². The maximum Gasteiger partial charge on any atom is 0.439 e. The third-order valence-electron chi connectivity index (χ3n) is 4.48. The second-order valence-electron chi connectivity index (χ2n) is 6.33. The van der Waals surface area contributed by atoms with Gasteiger partial charge < -0.3 is 15.1 Å². The summed E-state index contributed by atoms with van der Waals surface area (Å²) in [7, 11) is 0. The molecule has 0 unspecified atom stereocenters. The van der Waals surface area contributed by atoms with Crippen molar-refractivity contribution in [3.05, 3.63) is 40.2 Å². The van der Waals surface area contributed by atoms with Crippen LogP contribution in [0.5, 0.6) is 0 Å². The molecule has 156 valence electrons. The van der Waals surface area contributed by atoms with E-state index in [0.29, 0.717) is 41.0 Å². The smallest absolute Gasteiger partial charge is 0.439 e. The Hall–Kier alpha value is -2.68. The third-order valence-corrected chi connectivity index (χ3v) is 5.69. The van der Waals surface area contributed by atoms with Crippen molar-refractivity contribution in [2.45, 2.75) is 43.7 Å². The first-order valence-corrected chi connectivity index (χ1v) is 9.14. The van der Waals surface area contributed by atoms with E-state index in [-0.39, 0.29) is 5.56 Å². The van der Waals surface area contributed by atoms with Crippen molar-refractivity contribution in [3.8, 4) is 6.07 Å². The van der Waals surface area contributed by atoms with Crippen molar-refractivity contribution >= 4 is 22.2 Å². The molecule has 2 heterocycles. The summed E-state index contributed by atoms with van der Waals surface area (Å²) in [6.45, 7) is 0. The molecule has 2 N–H and O–H groups in total. The summed E-state index contributed by atoms with van der Waals surface area (Å²) in [6.07, 6.45) is -8.78. The topological polar surface area (TPSA) is 78.1 Å². The number of furan rings is 1. The minimum atomic E-state index is -5.98. The lowest BCUT2D eigenvalue weighted by atomic mass is 9.96. The Kier molecular flexibility index (Phi) is 5.29. The van der Waals surface area contributed by atoms with Crippen molar-refractivity contribution in [1.82, 2.24) is 5.32 Å². The lowest BCUT2D eigenvalue weighted by molar-refractivity contribution is -0.294. The molecule has 0 aromatic carbocycles. The highest BCUT2D eigenvalue weighted by molar-refractivity contribution is 7.16. The first-order valence-electron chi connectivity index (χ1n) is 8.32. The number of alkyl halides is 6. The summed E-state index contributed by atoms with van der Waals surface area (Å²) in [5.41, 5.74) is -4.64. The number of nitriles is 1. The van der Waals surface area contributed by atoms with Crippen molar-refractivity contribution in [2.24, 2.45) is 0 Å². The van der Waals surface area contributed by atoms with Crippen LogP contribution in [0.4, 0.5) is 31.3 Å². The van der Waals surface area contributed by atoms with Crippen LogP contribution >= 0.6 is 11.3 Å². The maximum absolute atomic E-state index is 13.8. The number of hydrogen-bond acceptors (Lipinski definition) is 5. The Morgan fingerprint density at radius 1 is 1.14 bits per heavy atom. The van der Waals surface area contributed by atoms with E-state index < -0.39 is 34.7 Å². The fourth-order valence-corrected chi connectivity index (χ4v) is 4.35. The predicted molar refractivity (Wildman–Crippen MR) is 90.3 cm³/mol. The average molecular weight is 437 g/mol. The molecule has 0 radical (unpaired) electrons. The van der Waals surface area contributed by atoms with Gasteiger partial charge in [-0.05, 0) is 43.4 Å². The Labute approximate surface area is 164 Å². The summed E-state index contributed by atoms with van der Waals surface area (Å²) < 4.78 is 87.2. The van der Waals surface area contributed by atoms with Crippen molar-refractivity contribution in [1.29, 1.82) is 5.26 Å². The highest BCUT2D eigenvalue weighted by atomic mass is 32.1. The van der Waals surface area contributed by atoms with E-state index in [1.54, 1.807) is 6.07 Å². The van der Waals surface area contributed by atoms with Crippen LogP contribution in [0, 0.1) is 11.3 Å². The Morgan fingerprint density at radius 2 is 1.79 bits per heavy atom. The SMILES string of the molecule is N#Cc1c(NC(NC(=O)c2ccco2)(C(F)(F)F)C(F)(F)F)sc2c1CCCC2. The molecular weight excluding hydrogens is 424 g/mol. The Bertz CT molecular complexity index is 926. The predicted octanol–water partition coefficient (Wildman–Crippen LogP) is 4.75. The number of nitrogens with zero attached hydrogens (tertiary/aromatic N) is 1. The minimum absolute atomic E-state index is 0.269. The van der Waals surface area contributed by atoms with E-state index in [0.717, 1.165) is 30.1 Å². The second-order valence-corrected chi connectivity index (χ2v) is 7.43. The first-order chi connectivity index (χ1) is 13.5. The van der Waals surface area contributed by atoms with Gasteiger partial charge in [0, 0.05) is 4.88 Å². The number of nitrogens with one attached hydrogen (secondary N) is 2. The molecule has 12 heteroatoms. The molecule has 0 saturated carbocycles. The fraction of sp³-hybridized carbons (Fsp3) is 0.412. The molecule has 0 saturated heterocycles. The summed E-state index contributed by atoms with van der Waals surface area (Å²) in [6, 6.07) is 3.77. The quantitative estimate of drug-likeness (QED) is 0.534. The van der Waals surface area contributed by atoms with Crippen molar-refractivity contribution < 1.29 is 35.6 Å². The van der Waals surface area contributed by atoms with E-state index in [2.05, 4.69) is 4.42 Å². The molecular formula is C17H13F6N3O2S. The molecule has 29 heavy (non-hydrogen) atoms. The fourth-order valence-electron chi connectivity index (χ4n) is 3.06. The second kappa shape index (κ2) is 7.29. The molecule has 3 rings (SSSR count). The van der Waals surface area contributed by atoms with Gasteiger partial charge in [0.15, 0.2) is 5.76 Å². The molecule has 5 nitrogen and oxygen atoms in total. The van der Waals surface area contributed by atoms with Crippen LogP contribution in [0.25, 0.3) is 0 Å². The lowest BCUT2D eigenvalue weighted by Gasteiger charge is -2.38.